The number of hydrogen-bond acceptors (Lipinski definition) is 2. The van der Waals surface area contributed by atoms with E-state index in [9.17, 15) is 0 Å². The summed E-state index contributed by atoms with van der Waals surface area (Å²) in [6.07, 6.45) is 3.88. The fraction of sp³-hybridized carbons (Fsp3) is 0.533. The minimum absolute atomic E-state index is 0.506. The third kappa shape index (κ3) is 2.41. The number of para-hydroxylation sites is 2. The van der Waals surface area contributed by atoms with Crippen LogP contribution in [0.4, 0.5) is 0 Å². The lowest BCUT2D eigenvalue weighted by Crippen LogP contribution is -2.27. The molecule has 18 heavy (non-hydrogen) atoms. The number of fused-ring (bicyclic) bond motifs is 1. The number of H-pyrrole nitrogens is 1. The zero-order chi connectivity index (χ0) is 12.6. The SMILES string of the molecule is CC1(C)CCC(NCc2nc3ccccc3[nH]2)C1. The van der Waals surface area contributed by atoms with Gasteiger partial charge in [0.2, 0.25) is 0 Å². The standard InChI is InChI=1S/C15H21N3/c1-15(2)8-7-11(9-15)16-10-14-17-12-5-3-4-6-13(12)18-14/h3-6,11,16H,7-10H2,1-2H3,(H,17,18). The summed E-state index contributed by atoms with van der Waals surface area (Å²) in [5, 5.41) is 3.62. The van der Waals surface area contributed by atoms with E-state index in [-0.39, 0.29) is 0 Å². The normalized spacial score (nSPS) is 22.7. The summed E-state index contributed by atoms with van der Waals surface area (Å²) in [6, 6.07) is 8.84. The van der Waals surface area contributed by atoms with E-state index in [1.165, 1.54) is 19.3 Å². The summed E-state index contributed by atoms with van der Waals surface area (Å²) >= 11 is 0. The Labute approximate surface area is 108 Å². The van der Waals surface area contributed by atoms with Crippen LogP contribution in [0.2, 0.25) is 0 Å². The number of hydrogen-bond donors (Lipinski definition) is 2. The van der Waals surface area contributed by atoms with E-state index < -0.39 is 0 Å². The van der Waals surface area contributed by atoms with Gasteiger partial charge < -0.3 is 10.3 Å². The second-order valence-corrected chi connectivity index (χ2v) is 6.19. The summed E-state index contributed by atoms with van der Waals surface area (Å²) in [4.78, 5) is 7.96. The molecule has 2 aromatic rings. The molecule has 0 spiro atoms. The van der Waals surface area contributed by atoms with Crippen LogP contribution < -0.4 is 5.32 Å². The smallest absolute Gasteiger partial charge is 0.121 e. The van der Waals surface area contributed by atoms with Crippen LogP contribution in [0.15, 0.2) is 24.3 Å². The van der Waals surface area contributed by atoms with Crippen LogP contribution in [0.1, 0.15) is 38.9 Å². The quantitative estimate of drug-likeness (QED) is 0.869. The monoisotopic (exact) mass is 243 g/mol. The Kier molecular flexibility index (Phi) is 2.86. The molecule has 1 aliphatic carbocycles. The Balaban J connectivity index is 1.63. The van der Waals surface area contributed by atoms with Crippen molar-refractivity contribution < 1.29 is 0 Å². The number of aromatic amines is 1. The molecule has 1 aliphatic rings. The number of nitrogens with zero attached hydrogens (tertiary/aromatic N) is 1. The third-order valence-corrected chi connectivity index (χ3v) is 3.97. The summed E-state index contributed by atoms with van der Waals surface area (Å²) in [7, 11) is 0. The van der Waals surface area contributed by atoms with E-state index in [0.717, 1.165) is 23.4 Å². The van der Waals surface area contributed by atoms with Crippen LogP contribution in [-0.4, -0.2) is 16.0 Å². The second-order valence-electron chi connectivity index (χ2n) is 6.19. The average Bonchev–Trinajstić information content (AvgIpc) is 2.89. The minimum Gasteiger partial charge on any atom is -0.341 e. The highest BCUT2D eigenvalue weighted by Gasteiger charge is 2.30. The molecular formula is C15H21N3. The van der Waals surface area contributed by atoms with Gasteiger partial charge in [-0.1, -0.05) is 26.0 Å². The van der Waals surface area contributed by atoms with E-state index in [4.69, 9.17) is 0 Å². The van der Waals surface area contributed by atoms with E-state index in [0.29, 0.717) is 11.5 Å². The van der Waals surface area contributed by atoms with Gasteiger partial charge in [-0.25, -0.2) is 4.98 Å². The Hall–Kier alpha value is -1.35. The second kappa shape index (κ2) is 4.39. The number of benzene rings is 1. The molecule has 0 saturated heterocycles. The first-order chi connectivity index (χ1) is 8.62. The van der Waals surface area contributed by atoms with Gasteiger partial charge in [0.25, 0.3) is 0 Å². The molecule has 1 aromatic heterocycles. The first kappa shape index (κ1) is 11.7. The lowest BCUT2D eigenvalue weighted by molar-refractivity contribution is 0.363. The first-order valence-corrected chi connectivity index (χ1v) is 6.79. The zero-order valence-electron chi connectivity index (χ0n) is 11.2. The van der Waals surface area contributed by atoms with Crippen LogP contribution in [0, 0.1) is 5.41 Å². The van der Waals surface area contributed by atoms with E-state index in [1.54, 1.807) is 0 Å². The van der Waals surface area contributed by atoms with E-state index >= 15 is 0 Å². The number of aromatic nitrogens is 2. The predicted octanol–water partition coefficient (Wildman–Crippen LogP) is 3.23. The molecule has 3 rings (SSSR count). The van der Waals surface area contributed by atoms with Crippen molar-refractivity contribution in [3.8, 4) is 0 Å². The molecule has 3 nitrogen and oxygen atoms in total. The van der Waals surface area contributed by atoms with Gasteiger partial charge in [0.05, 0.1) is 17.6 Å². The highest BCUT2D eigenvalue weighted by Crippen LogP contribution is 2.36. The summed E-state index contributed by atoms with van der Waals surface area (Å²) in [5.74, 6) is 1.04. The molecule has 96 valence electrons. The molecule has 1 fully saturated rings. The van der Waals surface area contributed by atoms with Gasteiger partial charge in [0, 0.05) is 6.04 Å². The van der Waals surface area contributed by atoms with Crippen molar-refractivity contribution in [3.05, 3.63) is 30.1 Å². The van der Waals surface area contributed by atoms with Crippen molar-refractivity contribution in [1.29, 1.82) is 0 Å². The van der Waals surface area contributed by atoms with Crippen LogP contribution in [0.25, 0.3) is 11.0 Å². The number of imidazole rings is 1. The third-order valence-electron chi connectivity index (χ3n) is 3.97. The molecule has 2 N–H and O–H groups in total. The zero-order valence-corrected chi connectivity index (χ0v) is 11.2. The van der Waals surface area contributed by atoms with Crippen LogP contribution in [0.5, 0.6) is 0 Å². The van der Waals surface area contributed by atoms with Crippen LogP contribution >= 0.6 is 0 Å². The maximum Gasteiger partial charge on any atom is 0.121 e. The molecule has 0 amide bonds. The summed E-state index contributed by atoms with van der Waals surface area (Å²) in [6.45, 7) is 5.56. The Bertz CT molecular complexity index is 508. The van der Waals surface area contributed by atoms with Gasteiger partial charge in [-0.2, -0.15) is 0 Å². The molecule has 3 heteroatoms. The molecule has 1 aromatic carbocycles. The molecule has 1 unspecified atom stereocenters. The van der Waals surface area contributed by atoms with Gasteiger partial charge in [0.1, 0.15) is 5.82 Å². The van der Waals surface area contributed by atoms with Crippen LogP contribution in [0.3, 0.4) is 0 Å². The lowest BCUT2D eigenvalue weighted by Gasteiger charge is -2.17. The first-order valence-electron chi connectivity index (χ1n) is 6.79. The van der Waals surface area contributed by atoms with Gasteiger partial charge in [-0.05, 0) is 36.8 Å². The predicted molar refractivity (Wildman–Crippen MR) is 74.4 cm³/mol. The molecule has 1 atom stereocenters. The maximum absolute atomic E-state index is 4.59. The fourth-order valence-corrected chi connectivity index (χ4v) is 2.94. The average molecular weight is 243 g/mol. The van der Waals surface area contributed by atoms with Gasteiger partial charge in [0.15, 0.2) is 0 Å². The number of nitrogens with one attached hydrogen (secondary N) is 2. The molecule has 0 radical (unpaired) electrons. The van der Waals surface area contributed by atoms with E-state index in [2.05, 4.69) is 35.2 Å². The number of rotatable bonds is 3. The summed E-state index contributed by atoms with van der Waals surface area (Å²) in [5.41, 5.74) is 2.69. The van der Waals surface area contributed by atoms with Gasteiger partial charge >= 0.3 is 0 Å². The fourth-order valence-electron chi connectivity index (χ4n) is 2.94. The topological polar surface area (TPSA) is 40.7 Å². The molecule has 0 aliphatic heterocycles. The largest absolute Gasteiger partial charge is 0.341 e. The maximum atomic E-state index is 4.59. The van der Waals surface area contributed by atoms with Gasteiger partial charge in [-0.15, -0.1) is 0 Å². The van der Waals surface area contributed by atoms with Crippen molar-refractivity contribution in [1.82, 2.24) is 15.3 Å². The highest BCUT2D eigenvalue weighted by atomic mass is 15.0. The molecule has 1 saturated carbocycles. The lowest BCUT2D eigenvalue weighted by atomic mass is 9.92. The Morgan fingerprint density at radius 3 is 2.94 bits per heavy atom. The Morgan fingerprint density at radius 2 is 2.22 bits per heavy atom. The summed E-state index contributed by atoms with van der Waals surface area (Å²) < 4.78 is 0. The van der Waals surface area contributed by atoms with Crippen molar-refractivity contribution in [3.63, 3.8) is 0 Å². The van der Waals surface area contributed by atoms with Crippen LogP contribution in [-0.2, 0) is 6.54 Å². The van der Waals surface area contributed by atoms with Crippen molar-refractivity contribution in [2.24, 2.45) is 5.41 Å². The molecule has 0 bridgehead atoms. The van der Waals surface area contributed by atoms with Crippen molar-refractivity contribution >= 4 is 11.0 Å². The molecule has 1 heterocycles. The van der Waals surface area contributed by atoms with Gasteiger partial charge in [-0.3, -0.25) is 0 Å². The van der Waals surface area contributed by atoms with Crippen molar-refractivity contribution in [2.45, 2.75) is 45.7 Å². The van der Waals surface area contributed by atoms with Crippen molar-refractivity contribution in [2.75, 3.05) is 0 Å². The Morgan fingerprint density at radius 1 is 1.39 bits per heavy atom. The van der Waals surface area contributed by atoms with E-state index in [1.807, 2.05) is 18.2 Å². The molecular weight excluding hydrogens is 222 g/mol. The highest BCUT2D eigenvalue weighted by molar-refractivity contribution is 5.74. The minimum atomic E-state index is 0.506.